The lowest BCUT2D eigenvalue weighted by Crippen LogP contribution is -2.59. The Kier molecular flexibility index (Phi) is 4.85. The van der Waals surface area contributed by atoms with E-state index in [0.717, 1.165) is 26.2 Å². The highest BCUT2D eigenvalue weighted by Crippen LogP contribution is 2.42. The van der Waals surface area contributed by atoms with E-state index in [1.165, 1.54) is 51.4 Å². The summed E-state index contributed by atoms with van der Waals surface area (Å²) in [7, 11) is 0. The Balaban J connectivity index is 1.65. The average molecular weight is 294 g/mol. The maximum atomic E-state index is 12.9. The van der Waals surface area contributed by atoms with Gasteiger partial charge < -0.3 is 15.0 Å². The van der Waals surface area contributed by atoms with Gasteiger partial charge in [-0.3, -0.25) is 4.79 Å². The van der Waals surface area contributed by atoms with E-state index < -0.39 is 0 Å². The standard InChI is InChI=1S/C17H30N2O2/c1-14-15(18-10-12-21-14)16(20)19-11-6-9-17(13-19)7-4-2-3-5-8-17/h14-15,18H,2-13H2,1H3/t14-,15+/m1/s1. The summed E-state index contributed by atoms with van der Waals surface area (Å²) in [5.74, 6) is 0.269. The first-order valence-electron chi connectivity index (χ1n) is 8.84. The fourth-order valence-corrected chi connectivity index (χ4v) is 4.49. The molecule has 1 aliphatic carbocycles. The van der Waals surface area contributed by atoms with Crippen LogP contribution < -0.4 is 5.32 Å². The molecule has 2 saturated heterocycles. The number of ether oxygens (including phenoxy) is 1. The molecule has 120 valence electrons. The van der Waals surface area contributed by atoms with Gasteiger partial charge in [0.05, 0.1) is 12.7 Å². The van der Waals surface area contributed by atoms with E-state index in [-0.39, 0.29) is 18.1 Å². The van der Waals surface area contributed by atoms with Gasteiger partial charge in [0, 0.05) is 19.6 Å². The highest BCUT2D eigenvalue weighted by Gasteiger charge is 2.40. The Morgan fingerprint density at radius 2 is 1.86 bits per heavy atom. The monoisotopic (exact) mass is 294 g/mol. The quantitative estimate of drug-likeness (QED) is 0.807. The summed E-state index contributed by atoms with van der Waals surface area (Å²) in [6.45, 7) is 5.44. The minimum atomic E-state index is -0.139. The van der Waals surface area contributed by atoms with E-state index in [1.807, 2.05) is 6.92 Å². The maximum absolute atomic E-state index is 12.9. The molecule has 2 heterocycles. The molecule has 0 aromatic heterocycles. The Morgan fingerprint density at radius 1 is 1.14 bits per heavy atom. The minimum absolute atomic E-state index is 0.00161. The highest BCUT2D eigenvalue weighted by atomic mass is 16.5. The summed E-state index contributed by atoms with van der Waals surface area (Å²) in [6.07, 6.45) is 10.6. The molecule has 21 heavy (non-hydrogen) atoms. The second-order valence-electron chi connectivity index (χ2n) is 7.29. The molecule has 2 atom stereocenters. The van der Waals surface area contributed by atoms with Gasteiger partial charge in [-0.15, -0.1) is 0 Å². The Bertz CT molecular complexity index is 364. The van der Waals surface area contributed by atoms with Crippen molar-refractivity contribution in [1.29, 1.82) is 0 Å². The number of hydrogen-bond acceptors (Lipinski definition) is 3. The second-order valence-corrected chi connectivity index (χ2v) is 7.29. The van der Waals surface area contributed by atoms with Crippen LogP contribution >= 0.6 is 0 Å². The SMILES string of the molecule is C[C@H]1OCCN[C@@H]1C(=O)N1CCCC2(CCCCCC2)C1. The molecule has 4 nitrogen and oxygen atoms in total. The van der Waals surface area contributed by atoms with Crippen molar-refractivity contribution < 1.29 is 9.53 Å². The molecule has 1 amide bonds. The third kappa shape index (κ3) is 3.42. The lowest BCUT2D eigenvalue weighted by atomic mass is 9.74. The number of rotatable bonds is 1. The second kappa shape index (κ2) is 6.66. The van der Waals surface area contributed by atoms with Gasteiger partial charge >= 0.3 is 0 Å². The normalized spacial score (nSPS) is 33.7. The van der Waals surface area contributed by atoms with Crippen molar-refractivity contribution in [2.75, 3.05) is 26.2 Å². The van der Waals surface area contributed by atoms with Crippen LogP contribution in [0.25, 0.3) is 0 Å². The average Bonchev–Trinajstić information content (AvgIpc) is 2.73. The number of amides is 1. The van der Waals surface area contributed by atoms with Gasteiger partial charge in [0.15, 0.2) is 0 Å². The van der Waals surface area contributed by atoms with Crippen LogP contribution in [0.2, 0.25) is 0 Å². The molecule has 4 heteroatoms. The van der Waals surface area contributed by atoms with Gasteiger partial charge in [0.25, 0.3) is 0 Å². The number of nitrogens with one attached hydrogen (secondary N) is 1. The van der Waals surface area contributed by atoms with Gasteiger partial charge in [-0.25, -0.2) is 0 Å². The number of morpholine rings is 1. The summed E-state index contributed by atoms with van der Waals surface area (Å²) < 4.78 is 5.65. The fraction of sp³-hybridized carbons (Fsp3) is 0.941. The van der Waals surface area contributed by atoms with Crippen molar-refractivity contribution in [3.63, 3.8) is 0 Å². The zero-order valence-electron chi connectivity index (χ0n) is 13.4. The molecular formula is C17H30N2O2. The van der Waals surface area contributed by atoms with Crippen LogP contribution in [0, 0.1) is 5.41 Å². The number of hydrogen-bond donors (Lipinski definition) is 1. The van der Waals surface area contributed by atoms with Crippen molar-refractivity contribution >= 4 is 5.91 Å². The number of carbonyl (C=O) groups excluding carboxylic acids is 1. The molecular weight excluding hydrogens is 264 g/mol. The molecule has 3 fully saturated rings. The summed E-state index contributed by atoms with van der Waals surface area (Å²) in [5, 5.41) is 3.35. The minimum Gasteiger partial charge on any atom is -0.375 e. The summed E-state index contributed by atoms with van der Waals surface area (Å²) in [5.41, 5.74) is 0.420. The van der Waals surface area contributed by atoms with Crippen LogP contribution in [-0.2, 0) is 9.53 Å². The van der Waals surface area contributed by atoms with Crippen molar-refractivity contribution in [2.24, 2.45) is 5.41 Å². The van der Waals surface area contributed by atoms with Crippen LogP contribution in [0.3, 0.4) is 0 Å². The van der Waals surface area contributed by atoms with Gasteiger partial charge in [0.1, 0.15) is 6.04 Å². The third-order valence-electron chi connectivity index (χ3n) is 5.72. The summed E-state index contributed by atoms with van der Waals surface area (Å²) in [6, 6.07) is -0.139. The van der Waals surface area contributed by atoms with Gasteiger partial charge in [-0.05, 0) is 38.0 Å². The van der Waals surface area contributed by atoms with E-state index in [1.54, 1.807) is 0 Å². The lowest BCUT2D eigenvalue weighted by Gasteiger charge is -2.44. The topological polar surface area (TPSA) is 41.6 Å². The van der Waals surface area contributed by atoms with Gasteiger partial charge in [-0.2, -0.15) is 0 Å². The summed E-state index contributed by atoms with van der Waals surface area (Å²) in [4.78, 5) is 15.0. The maximum Gasteiger partial charge on any atom is 0.242 e. The molecule has 0 unspecified atom stereocenters. The van der Waals surface area contributed by atoms with Crippen LogP contribution in [-0.4, -0.2) is 49.2 Å². The van der Waals surface area contributed by atoms with Crippen LogP contribution in [0.15, 0.2) is 0 Å². The van der Waals surface area contributed by atoms with Crippen LogP contribution in [0.5, 0.6) is 0 Å². The predicted molar refractivity (Wildman–Crippen MR) is 83.2 cm³/mol. The van der Waals surface area contributed by atoms with Gasteiger partial charge in [0.2, 0.25) is 5.91 Å². The molecule has 1 N–H and O–H groups in total. The van der Waals surface area contributed by atoms with Gasteiger partial charge in [-0.1, -0.05) is 25.7 Å². The molecule has 3 aliphatic rings. The molecule has 1 saturated carbocycles. The number of carbonyl (C=O) groups is 1. The lowest BCUT2D eigenvalue weighted by molar-refractivity contribution is -0.143. The molecule has 0 aromatic rings. The largest absolute Gasteiger partial charge is 0.375 e. The Hall–Kier alpha value is -0.610. The predicted octanol–water partition coefficient (Wildman–Crippen LogP) is 2.33. The van der Waals surface area contributed by atoms with Crippen LogP contribution in [0.1, 0.15) is 58.3 Å². The van der Waals surface area contributed by atoms with Crippen molar-refractivity contribution in [2.45, 2.75) is 70.4 Å². The molecule has 1 spiro atoms. The van der Waals surface area contributed by atoms with E-state index >= 15 is 0 Å². The van der Waals surface area contributed by atoms with E-state index in [0.29, 0.717) is 5.41 Å². The Labute approximate surface area is 128 Å². The van der Waals surface area contributed by atoms with Crippen molar-refractivity contribution in [3.8, 4) is 0 Å². The molecule has 0 aromatic carbocycles. The smallest absolute Gasteiger partial charge is 0.242 e. The number of nitrogens with zero attached hydrogens (tertiary/aromatic N) is 1. The molecule has 0 radical (unpaired) electrons. The molecule has 0 bridgehead atoms. The molecule has 2 aliphatic heterocycles. The van der Waals surface area contributed by atoms with E-state index in [2.05, 4.69) is 10.2 Å². The molecule has 3 rings (SSSR count). The fourth-order valence-electron chi connectivity index (χ4n) is 4.49. The van der Waals surface area contributed by atoms with E-state index in [9.17, 15) is 4.79 Å². The number of piperidine rings is 1. The van der Waals surface area contributed by atoms with E-state index in [4.69, 9.17) is 4.74 Å². The first-order valence-corrected chi connectivity index (χ1v) is 8.84. The highest BCUT2D eigenvalue weighted by molar-refractivity contribution is 5.82. The van der Waals surface area contributed by atoms with Crippen molar-refractivity contribution in [1.82, 2.24) is 10.2 Å². The zero-order chi connectivity index (χ0) is 14.7. The Morgan fingerprint density at radius 3 is 2.57 bits per heavy atom. The first-order chi connectivity index (χ1) is 10.2. The zero-order valence-corrected chi connectivity index (χ0v) is 13.4. The number of likely N-dealkylation sites (tertiary alicyclic amines) is 1. The first kappa shape index (κ1) is 15.3. The third-order valence-corrected chi connectivity index (χ3v) is 5.72. The van der Waals surface area contributed by atoms with Crippen LogP contribution in [0.4, 0.5) is 0 Å². The van der Waals surface area contributed by atoms with Crippen molar-refractivity contribution in [3.05, 3.63) is 0 Å². The summed E-state index contributed by atoms with van der Waals surface area (Å²) >= 11 is 0.